The van der Waals surface area contributed by atoms with Crippen LogP contribution in [-0.4, -0.2) is 10.8 Å². The average molecular weight is 170 g/mol. The molecule has 1 aromatic heterocycles. The summed E-state index contributed by atoms with van der Waals surface area (Å²) in [5.41, 5.74) is 6.59. The molecule has 0 atom stereocenters. The minimum absolute atomic E-state index is 0.00231. The van der Waals surface area contributed by atoms with Crippen LogP contribution in [0.25, 0.3) is 0 Å². The van der Waals surface area contributed by atoms with Gasteiger partial charge in [0.05, 0.1) is 5.02 Å². The molecule has 0 unspecified atom stereocenters. The number of hydrogen-bond donors (Lipinski definition) is 2. The minimum Gasteiger partial charge on any atom is -0.384 e. The van der Waals surface area contributed by atoms with Crippen LogP contribution in [-0.2, 0) is 0 Å². The number of nitrogen functional groups attached to an aromatic ring is 1. The summed E-state index contributed by atoms with van der Waals surface area (Å²) in [6, 6.07) is 1.63. The largest absolute Gasteiger partial charge is 0.384 e. The highest BCUT2D eigenvalue weighted by Gasteiger charge is 2.02. The van der Waals surface area contributed by atoms with E-state index in [0.29, 0.717) is 10.6 Å². The molecule has 0 fully saturated rings. The third-order valence-electron chi connectivity index (χ3n) is 1.34. The molecular formula is C7H8ClN3. The van der Waals surface area contributed by atoms with Crippen LogP contribution in [0.3, 0.4) is 0 Å². The number of nitrogens with two attached hydrogens (primary N) is 1. The van der Waals surface area contributed by atoms with Crippen LogP contribution in [0.2, 0.25) is 5.02 Å². The molecule has 4 heteroatoms. The molecule has 58 valence electrons. The molecule has 1 aromatic rings. The predicted molar refractivity (Wildman–Crippen MR) is 45.0 cm³/mol. The standard InChI is InChI=1S/C7H8ClN3/c1-4-6(7(9)10)2-5(8)3-11-4/h2-3H,1H3,(H3,9,10). The molecule has 0 bridgehead atoms. The molecule has 3 N–H and O–H groups in total. The van der Waals surface area contributed by atoms with E-state index in [2.05, 4.69) is 4.98 Å². The Hall–Kier alpha value is -1.09. The van der Waals surface area contributed by atoms with Gasteiger partial charge in [-0.05, 0) is 13.0 Å². The van der Waals surface area contributed by atoms with Crippen LogP contribution in [0.1, 0.15) is 11.3 Å². The Morgan fingerprint density at radius 3 is 2.82 bits per heavy atom. The maximum absolute atomic E-state index is 7.15. The van der Waals surface area contributed by atoms with E-state index < -0.39 is 0 Å². The SMILES string of the molecule is Cc1ncc(Cl)cc1C(=N)N. The van der Waals surface area contributed by atoms with Gasteiger partial charge < -0.3 is 5.73 Å². The van der Waals surface area contributed by atoms with Crippen molar-refractivity contribution in [3.63, 3.8) is 0 Å². The van der Waals surface area contributed by atoms with Crippen LogP contribution in [0, 0.1) is 12.3 Å². The highest BCUT2D eigenvalue weighted by molar-refractivity contribution is 6.30. The Kier molecular flexibility index (Phi) is 2.10. The number of aromatic nitrogens is 1. The fourth-order valence-corrected chi connectivity index (χ4v) is 0.938. The molecule has 0 radical (unpaired) electrons. The van der Waals surface area contributed by atoms with Gasteiger partial charge in [-0.1, -0.05) is 11.6 Å². The van der Waals surface area contributed by atoms with Crippen molar-refractivity contribution in [2.75, 3.05) is 0 Å². The number of aryl methyl sites for hydroxylation is 1. The molecule has 0 aliphatic rings. The van der Waals surface area contributed by atoms with Crippen molar-refractivity contribution >= 4 is 17.4 Å². The molecule has 0 spiro atoms. The topological polar surface area (TPSA) is 62.8 Å². The minimum atomic E-state index is -0.00231. The summed E-state index contributed by atoms with van der Waals surface area (Å²) in [5, 5.41) is 7.65. The molecule has 1 rings (SSSR count). The molecule has 1 heterocycles. The van der Waals surface area contributed by atoms with E-state index >= 15 is 0 Å². The van der Waals surface area contributed by atoms with Gasteiger partial charge in [-0.15, -0.1) is 0 Å². The van der Waals surface area contributed by atoms with Crippen LogP contribution in [0.4, 0.5) is 0 Å². The van der Waals surface area contributed by atoms with E-state index in [0.717, 1.165) is 5.69 Å². The van der Waals surface area contributed by atoms with Crippen molar-refractivity contribution in [1.29, 1.82) is 5.41 Å². The second-order valence-electron chi connectivity index (χ2n) is 2.20. The summed E-state index contributed by atoms with van der Waals surface area (Å²) in [6.07, 6.45) is 1.53. The first-order chi connectivity index (χ1) is 5.11. The van der Waals surface area contributed by atoms with Gasteiger partial charge in [0, 0.05) is 17.5 Å². The average Bonchev–Trinajstić information content (AvgIpc) is 1.94. The Morgan fingerprint density at radius 2 is 2.36 bits per heavy atom. The van der Waals surface area contributed by atoms with Crippen LogP contribution in [0.15, 0.2) is 12.3 Å². The van der Waals surface area contributed by atoms with Gasteiger partial charge in [-0.25, -0.2) is 0 Å². The Morgan fingerprint density at radius 1 is 1.73 bits per heavy atom. The van der Waals surface area contributed by atoms with E-state index in [4.69, 9.17) is 22.7 Å². The quantitative estimate of drug-likeness (QED) is 0.492. The first kappa shape index (κ1) is 8.01. The number of pyridine rings is 1. The zero-order chi connectivity index (χ0) is 8.43. The third-order valence-corrected chi connectivity index (χ3v) is 1.55. The maximum atomic E-state index is 7.15. The zero-order valence-electron chi connectivity index (χ0n) is 6.06. The zero-order valence-corrected chi connectivity index (χ0v) is 6.81. The van der Waals surface area contributed by atoms with Gasteiger partial charge in [0.1, 0.15) is 5.84 Å². The molecule has 0 saturated carbocycles. The first-order valence-corrected chi connectivity index (χ1v) is 3.45. The highest BCUT2D eigenvalue weighted by atomic mass is 35.5. The molecule has 0 amide bonds. The van der Waals surface area contributed by atoms with E-state index in [1.165, 1.54) is 6.20 Å². The van der Waals surface area contributed by atoms with Gasteiger partial charge in [-0.3, -0.25) is 10.4 Å². The summed E-state index contributed by atoms with van der Waals surface area (Å²) < 4.78 is 0. The lowest BCUT2D eigenvalue weighted by atomic mass is 10.2. The normalized spacial score (nSPS) is 9.64. The summed E-state index contributed by atoms with van der Waals surface area (Å²) >= 11 is 5.65. The number of amidine groups is 1. The lowest BCUT2D eigenvalue weighted by Crippen LogP contribution is -2.13. The van der Waals surface area contributed by atoms with E-state index in [1.54, 1.807) is 13.0 Å². The molecular weight excluding hydrogens is 162 g/mol. The fraction of sp³-hybridized carbons (Fsp3) is 0.143. The second kappa shape index (κ2) is 2.88. The molecule has 0 saturated heterocycles. The number of halogens is 1. The lowest BCUT2D eigenvalue weighted by Gasteiger charge is -2.01. The molecule has 0 aromatic carbocycles. The molecule has 0 aliphatic heterocycles. The van der Waals surface area contributed by atoms with Crippen LogP contribution >= 0.6 is 11.6 Å². The number of nitrogens with one attached hydrogen (secondary N) is 1. The fourth-order valence-electron chi connectivity index (χ4n) is 0.780. The Bertz CT molecular complexity index is 296. The van der Waals surface area contributed by atoms with E-state index in [9.17, 15) is 0 Å². The van der Waals surface area contributed by atoms with E-state index in [-0.39, 0.29) is 5.84 Å². The number of rotatable bonds is 1. The van der Waals surface area contributed by atoms with Gasteiger partial charge in [0.15, 0.2) is 0 Å². The maximum Gasteiger partial charge on any atom is 0.124 e. The van der Waals surface area contributed by atoms with Crippen molar-refractivity contribution < 1.29 is 0 Å². The van der Waals surface area contributed by atoms with Gasteiger partial charge in [0.2, 0.25) is 0 Å². The van der Waals surface area contributed by atoms with Crippen molar-refractivity contribution in [2.45, 2.75) is 6.92 Å². The van der Waals surface area contributed by atoms with Gasteiger partial charge >= 0.3 is 0 Å². The van der Waals surface area contributed by atoms with E-state index in [1.807, 2.05) is 0 Å². The van der Waals surface area contributed by atoms with Gasteiger partial charge in [0.25, 0.3) is 0 Å². The number of nitrogens with zero attached hydrogens (tertiary/aromatic N) is 1. The molecule has 11 heavy (non-hydrogen) atoms. The van der Waals surface area contributed by atoms with Gasteiger partial charge in [-0.2, -0.15) is 0 Å². The Balaban J connectivity index is 3.23. The van der Waals surface area contributed by atoms with Crippen LogP contribution < -0.4 is 5.73 Å². The smallest absolute Gasteiger partial charge is 0.124 e. The molecule has 0 aliphatic carbocycles. The van der Waals surface area contributed by atoms with Crippen molar-refractivity contribution in [1.82, 2.24) is 4.98 Å². The summed E-state index contributed by atoms with van der Waals surface area (Å²) in [5.74, 6) is -0.00231. The third kappa shape index (κ3) is 1.68. The summed E-state index contributed by atoms with van der Waals surface area (Å²) in [6.45, 7) is 1.78. The summed E-state index contributed by atoms with van der Waals surface area (Å²) in [4.78, 5) is 3.95. The monoisotopic (exact) mass is 169 g/mol. The molecule has 3 nitrogen and oxygen atoms in total. The van der Waals surface area contributed by atoms with Crippen molar-refractivity contribution in [3.8, 4) is 0 Å². The first-order valence-electron chi connectivity index (χ1n) is 3.08. The lowest BCUT2D eigenvalue weighted by molar-refractivity contribution is 1.18. The van der Waals surface area contributed by atoms with Crippen molar-refractivity contribution in [3.05, 3.63) is 28.5 Å². The second-order valence-corrected chi connectivity index (χ2v) is 2.64. The van der Waals surface area contributed by atoms with Crippen molar-refractivity contribution in [2.24, 2.45) is 5.73 Å². The summed E-state index contributed by atoms with van der Waals surface area (Å²) in [7, 11) is 0. The number of hydrogen-bond acceptors (Lipinski definition) is 2. The Labute approximate surface area is 69.7 Å². The highest BCUT2D eigenvalue weighted by Crippen LogP contribution is 2.11. The predicted octanol–water partition coefficient (Wildman–Crippen LogP) is 1.33. The van der Waals surface area contributed by atoms with Crippen LogP contribution in [0.5, 0.6) is 0 Å².